The number of nitrogens with zero attached hydrogens (tertiary/aromatic N) is 3. The van der Waals surface area contributed by atoms with Gasteiger partial charge in [-0.2, -0.15) is 4.98 Å². The normalized spacial score (nSPS) is 17.9. The summed E-state index contributed by atoms with van der Waals surface area (Å²) < 4.78 is 7.11. The predicted octanol–water partition coefficient (Wildman–Crippen LogP) is 4.68. The van der Waals surface area contributed by atoms with Gasteiger partial charge in [-0.3, -0.25) is 10.1 Å². The number of ether oxygens (including phenoxy) is 1. The van der Waals surface area contributed by atoms with Crippen molar-refractivity contribution in [2.75, 3.05) is 17.7 Å². The molecule has 0 unspecified atom stereocenters. The Labute approximate surface area is 180 Å². The Bertz CT molecular complexity index is 1030. The molecule has 1 aromatic heterocycles. The van der Waals surface area contributed by atoms with Crippen molar-refractivity contribution in [2.45, 2.75) is 32.4 Å². The first-order valence-electron chi connectivity index (χ1n) is 9.88. The molecular formula is C22H24ClN5O2. The van der Waals surface area contributed by atoms with Crippen LogP contribution in [0.1, 0.15) is 43.5 Å². The smallest absolute Gasteiger partial charge is 0.250 e. The fourth-order valence-corrected chi connectivity index (χ4v) is 3.63. The number of hydrogen-bond acceptors (Lipinski definition) is 5. The van der Waals surface area contributed by atoms with Crippen LogP contribution >= 0.6 is 11.6 Å². The summed E-state index contributed by atoms with van der Waals surface area (Å²) in [6.07, 6.45) is 0.766. The second-order valence-corrected chi connectivity index (χ2v) is 8.06. The number of anilines is 2. The average Bonchev–Trinajstić information content (AvgIpc) is 3.16. The molecule has 3 aromatic rings. The number of fused-ring (bicyclic) bond motifs is 1. The van der Waals surface area contributed by atoms with Crippen LogP contribution in [0.15, 0.2) is 48.5 Å². The number of rotatable bonds is 5. The Morgan fingerprint density at radius 1 is 1.17 bits per heavy atom. The van der Waals surface area contributed by atoms with Gasteiger partial charge in [-0.1, -0.05) is 49.7 Å². The van der Waals surface area contributed by atoms with E-state index >= 15 is 0 Å². The van der Waals surface area contributed by atoms with E-state index in [0.717, 1.165) is 23.3 Å². The fourth-order valence-electron chi connectivity index (χ4n) is 3.50. The van der Waals surface area contributed by atoms with E-state index in [4.69, 9.17) is 16.3 Å². The molecule has 0 saturated carbocycles. The van der Waals surface area contributed by atoms with Crippen LogP contribution in [0, 0.1) is 5.92 Å². The number of amides is 1. The minimum Gasteiger partial charge on any atom is -0.497 e. The molecule has 4 rings (SSSR count). The molecule has 0 radical (unpaired) electrons. The van der Waals surface area contributed by atoms with E-state index < -0.39 is 0 Å². The molecule has 1 aliphatic rings. The van der Waals surface area contributed by atoms with Crippen LogP contribution in [-0.2, 0) is 4.79 Å². The molecule has 0 bridgehead atoms. The first-order chi connectivity index (χ1) is 14.4. The number of hydrogen-bond donors (Lipinski definition) is 2. The van der Waals surface area contributed by atoms with Crippen LogP contribution in [0.4, 0.5) is 11.9 Å². The molecule has 8 heteroatoms. The second-order valence-electron chi connectivity index (χ2n) is 7.62. The van der Waals surface area contributed by atoms with E-state index in [1.807, 2.05) is 67.1 Å². The van der Waals surface area contributed by atoms with Crippen LogP contribution < -0.4 is 15.4 Å². The zero-order valence-corrected chi connectivity index (χ0v) is 17.8. The second kappa shape index (κ2) is 8.36. The first kappa shape index (κ1) is 20.2. The highest BCUT2D eigenvalue weighted by Crippen LogP contribution is 2.38. The summed E-state index contributed by atoms with van der Waals surface area (Å²) >= 11 is 6.09. The molecule has 7 nitrogen and oxygen atoms in total. The molecule has 30 heavy (non-hydrogen) atoms. The van der Waals surface area contributed by atoms with Crippen molar-refractivity contribution in [3.05, 3.63) is 64.7 Å². The van der Waals surface area contributed by atoms with Crippen molar-refractivity contribution in [3.8, 4) is 5.75 Å². The van der Waals surface area contributed by atoms with Crippen LogP contribution in [0.3, 0.4) is 0 Å². The topological polar surface area (TPSA) is 81.1 Å². The van der Waals surface area contributed by atoms with Gasteiger partial charge in [0.1, 0.15) is 5.75 Å². The maximum Gasteiger partial charge on any atom is 0.250 e. The number of benzene rings is 2. The number of carbonyl (C=O) groups excluding carboxylic acids is 1. The highest BCUT2D eigenvalue weighted by Gasteiger charge is 2.31. The van der Waals surface area contributed by atoms with Gasteiger partial charge < -0.3 is 10.1 Å². The molecule has 0 aliphatic carbocycles. The molecule has 2 N–H and O–H groups in total. The minimum absolute atomic E-state index is 0.0296. The Morgan fingerprint density at radius 2 is 1.83 bits per heavy atom. The monoisotopic (exact) mass is 425 g/mol. The van der Waals surface area contributed by atoms with E-state index in [9.17, 15) is 4.79 Å². The van der Waals surface area contributed by atoms with Crippen molar-refractivity contribution >= 4 is 29.4 Å². The standard InChI is InChI=1S/C22H24ClN5O2/c1-13(2)20(29)25-21-26-22-24-18(14-6-10-17(30-3)11-7-14)12-19(28(22)27-21)15-4-8-16(23)9-5-15/h4-11,13,18-19H,12H2,1-3H3,(H2,24,25,26,27,29)/t18-,19-/m0/s1. The van der Waals surface area contributed by atoms with Gasteiger partial charge in [0.2, 0.25) is 11.9 Å². The van der Waals surface area contributed by atoms with Gasteiger partial charge in [-0.05, 0) is 41.8 Å². The zero-order valence-electron chi connectivity index (χ0n) is 17.1. The third-order valence-electron chi connectivity index (χ3n) is 5.22. The van der Waals surface area contributed by atoms with Crippen LogP contribution in [0.2, 0.25) is 5.02 Å². The quantitative estimate of drug-likeness (QED) is 0.620. The Hall–Kier alpha value is -3.06. The molecule has 2 aromatic carbocycles. The van der Waals surface area contributed by atoms with E-state index in [0.29, 0.717) is 16.9 Å². The summed E-state index contributed by atoms with van der Waals surface area (Å²) in [6, 6.07) is 15.7. The average molecular weight is 426 g/mol. The number of halogens is 1. The van der Waals surface area contributed by atoms with Gasteiger partial charge in [-0.25, -0.2) is 4.68 Å². The zero-order chi connectivity index (χ0) is 21.3. The third-order valence-corrected chi connectivity index (χ3v) is 5.47. The van der Waals surface area contributed by atoms with Crippen molar-refractivity contribution in [3.63, 3.8) is 0 Å². The van der Waals surface area contributed by atoms with Crippen molar-refractivity contribution in [1.82, 2.24) is 14.8 Å². The lowest BCUT2D eigenvalue weighted by Gasteiger charge is -2.31. The van der Waals surface area contributed by atoms with Gasteiger partial charge in [0.15, 0.2) is 0 Å². The molecule has 0 saturated heterocycles. The summed E-state index contributed by atoms with van der Waals surface area (Å²) in [6.45, 7) is 3.67. The van der Waals surface area contributed by atoms with Crippen molar-refractivity contribution < 1.29 is 9.53 Å². The van der Waals surface area contributed by atoms with Crippen LogP contribution in [0.5, 0.6) is 5.75 Å². The SMILES string of the molecule is COc1ccc([C@@H]2C[C@@H](c3ccc(Cl)cc3)n3nc(NC(=O)C(C)C)nc3N2)cc1. The van der Waals surface area contributed by atoms with Gasteiger partial charge >= 0.3 is 0 Å². The number of nitrogens with one attached hydrogen (secondary N) is 2. The molecule has 1 amide bonds. The summed E-state index contributed by atoms with van der Waals surface area (Å²) in [4.78, 5) is 16.6. The van der Waals surface area contributed by atoms with Gasteiger partial charge in [0.05, 0.1) is 19.2 Å². The lowest BCUT2D eigenvalue weighted by atomic mass is 9.93. The minimum atomic E-state index is -0.155. The lowest BCUT2D eigenvalue weighted by molar-refractivity contribution is -0.118. The molecule has 156 valence electrons. The third kappa shape index (κ3) is 4.11. The summed E-state index contributed by atoms with van der Waals surface area (Å²) in [5, 5.41) is 11.5. The molecular weight excluding hydrogens is 402 g/mol. The Kier molecular flexibility index (Phi) is 5.63. The predicted molar refractivity (Wildman–Crippen MR) is 117 cm³/mol. The van der Waals surface area contributed by atoms with Crippen molar-refractivity contribution in [1.29, 1.82) is 0 Å². The maximum atomic E-state index is 12.1. The van der Waals surface area contributed by atoms with Crippen LogP contribution in [-0.4, -0.2) is 27.8 Å². The number of methoxy groups -OCH3 is 1. The summed E-state index contributed by atoms with van der Waals surface area (Å²) in [5.74, 6) is 1.45. The molecule has 0 spiro atoms. The lowest BCUT2D eigenvalue weighted by Crippen LogP contribution is -2.28. The number of aromatic nitrogens is 3. The largest absolute Gasteiger partial charge is 0.497 e. The van der Waals surface area contributed by atoms with E-state index in [2.05, 4.69) is 20.7 Å². The molecule has 2 heterocycles. The Balaban J connectivity index is 1.69. The highest BCUT2D eigenvalue weighted by molar-refractivity contribution is 6.30. The molecule has 2 atom stereocenters. The maximum absolute atomic E-state index is 12.1. The van der Waals surface area contributed by atoms with E-state index in [1.165, 1.54) is 0 Å². The fraction of sp³-hybridized carbons (Fsp3) is 0.318. The van der Waals surface area contributed by atoms with Gasteiger partial charge in [0.25, 0.3) is 5.95 Å². The van der Waals surface area contributed by atoms with Gasteiger partial charge in [-0.15, -0.1) is 5.10 Å². The Morgan fingerprint density at radius 3 is 2.47 bits per heavy atom. The van der Waals surface area contributed by atoms with Gasteiger partial charge in [0, 0.05) is 10.9 Å². The molecule has 0 fully saturated rings. The summed E-state index contributed by atoms with van der Waals surface area (Å²) in [7, 11) is 1.65. The van der Waals surface area contributed by atoms with E-state index in [-0.39, 0.29) is 23.9 Å². The first-order valence-corrected chi connectivity index (χ1v) is 10.3. The van der Waals surface area contributed by atoms with E-state index in [1.54, 1.807) is 7.11 Å². The number of carbonyl (C=O) groups is 1. The summed E-state index contributed by atoms with van der Waals surface area (Å²) in [5.41, 5.74) is 2.20. The molecule has 1 aliphatic heterocycles. The van der Waals surface area contributed by atoms with Crippen molar-refractivity contribution in [2.24, 2.45) is 5.92 Å². The van der Waals surface area contributed by atoms with Crippen LogP contribution in [0.25, 0.3) is 0 Å². The highest BCUT2D eigenvalue weighted by atomic mass is 35.5.